The molecule has 0 unspecified atom stereocenters. The zero-order valence-electron chi connectivity index (χ0n) is 18.7. The van der Waals surface area contributed by atoms with Crippen molar-refractivity contribution in [1.82, 2.24) is 24.2 Å². The van der Waals surface area contributed by atoms with Crippen molar-refractivity contribution in [2.24, 2.45) is 0 Å². The number of aryl methyl sites for hydroxylation is 1. The normalized spacial score (nSPS) is 15.0. The number of piperazine rings is 1. The number of carbonyl (C=O) groups is 2. The number of rotatable bonds is 5. The molecule has 1 fully saturated rings. The van der Waals surface area contributed by atoms with Gasteiger partial charge in [0.25, 0.3) is 11.5 Å². The van der Waals surface area contributed by atoms with Crippen molar-refractivity contribution in [1.29, 1.82) is 0 Å². The summed E-state index contributed by atoms with van der Waals surface area (Å²) in [6.07, 6.45) is 1.50. The van der Waals surface area contributed by atoms with Crippen molar-refractivity contribution in [2.45, 2.75) is 40.3 Å². The van der Waals surface area contributed by atoms with Crippen LogP contribution in [0.1, 0.15) is 51.6 Å². The van der Waals surface area contributed by atoms with Crippen molar-refractivity contribution < 1.29 is 14.3 Å². The first-order valence-corrected chi connectivity index (χ1v) is 11.5. The molecule has 170 valence electrons. The lowest BCUT2D eigenvalue weighted by molar-refractivity contribution is 0.0376. The number of aromatic nitrogens is 3. The fourth-order valence-corrected chi connectivity index (χ4v) is 4.75. The molecule has 32 heavy (non-hydrogen) atoms. The van der Waals surface area contributed by atoms with Crippen LogP contribution in [0.25, 0.3) is 4.96 Å². The lowest BCUT2D eigenvalue weighted by Gasteiger charge is -2.34. The van der Waals surface area contributed by atoms with Gasteiger partial charge in [0.15, 0.2) is 4.96 Å². The summed E-state index contributed by atoms with van der Waals surface area (Å²) in [5, 5.41) is 1.84. The second-order valence-corrected chi connectivity index (χ2v) is 9.16. The Balaban J connectivity index is 1.41. The molecule has 1 saturated heterocycles. The molecule has 10 heteroatoms. The van der Waals surface area contributed by atoms with Crippen LogP contribution in [0.15, 0.2) is 22.4 Å². The van der Waals surface area contributed by atoms with E-state index in [1.54, 1.807) is 44.9 Å². The SMILES string of the molecule is Cc1[nH]c(C(=O)N2CCN(Cc3cc(=O)n4ccsc4n3)CC2)c(C)c1C(=O)OC(C)C. The van der Waals surface area contributed by atoms with Gasteiger partial charge < -0.3 is 14.6 Å². The highest BCUT2D eigenvalue weighted by Gasteiger charge is 2.28. The van der Waals surface area contributed by atoms with Crippen LogP contribution < -0.4 is 5.56 Å². The van der Waals surface area contributed by atoms with E-state index in [1.165, 1.54) is 15.7 Å². The van der Waals surface area contributed by atoms with Crippen LogP contribution in [0, 0.1) is 13.8 Å². The molecule has 1 aliphatic rings. The smallest absolute Gasteiger partial charge is 0.340 e. The van der Waals surface area contributed by atoms with Gasteiger partial charge in [0.1, 0.15) is 5.69 Å². The van der Waals surface area contributed by atoms with Crippen LogP contribution in [0.5, 0.6) is 0 Å². The van der Waals surface area contributed by atoms with Crippen molar-refractivity contribution in [2.75, 3.05) is 26.2 Å². The zero-order valence-corrected chi connectivity index (χ0v) is 19.5. The summed E-state index contributed by atoms with van der Waals surface area (Å²) in [5.74, 6) is -0.536. The molecule has 4 rings (SSSR count). The molecule has 1 N–H and O–H groups in total. The third kappa shape index (κ3) is 4.33. The molecule has 3 aromatic heterocycles. The van der Waals surface area contributed by atoms with Crippen LogP contribution in [-0.4, -0.2) is 68.3 Å². The van der Waals surface area contributed by atoms with E-state index >= 15 is 0 Å². The molecule has 0 aliphatic carbocycles. The van der Waals surface area contributed by atoms with Gasteiger partial charge in [0, 0.05) is 56.1 Å². The number of ether oxygens (including phenoxy) is 1. The van der Waals surface area contributed by atoms with Crippen LogP contribution in [0.4, 0.5) is 0 Å². The van der Waals surface area contributed by atoms with Gasteiger partial charge in [0.2, 0.25) is 0 Å². The molecular weight excluding hydrogens is 430 g/mol. The van der Waals surface area contributed by atoms with Gasteiger partial charge in [-0.1, -0.05) is 0 Å². The van der Waals surface area contributed by atoms with Gasteiger partial charge in [-0.3, -0.25) is 18.9 Å². The van der Waals surface area contributed by atoms with Crippen molar-refractivity contribution in [3.05, 3.63) is 56.2 Å². The lowest BCUT2D eigenvalue weighted by Crippen LogP contribution is -2.48. The number of fused-ring (bicyclic) bond motifs is 1. The highest BCUT2D eigenvalue weighted by molar-refractivity contribution is 7.15. The summed E-state index contributed by atoms with van der Waals surface area (Å²) in [6.45, 7) is 10.2. The molecule has 4 heterocycles. The number of thiazole rings is 1. The second kappa shape index (κ2) is 8.87. The molecular formula is C22H27N5O4S. The number of hydrogen-bond donors (Lipinski definition) is 1. The summed E-state index contributed by atoms with van der Waals surface area (Å²) < 4.78 is 6.86. The number of nitrogens with zero attached hydrogens (tertiary/aromatic N) is 4. The van der Waals surface area contributed by atoms with Crippen LogP contribution >= 0.6 is 11.3 Å². The second-order valence-electron chi connectivity index (χ2n) is 8.29. The van der Waals surface area contributed by atoms with Crippen molar-refractivity contribution in [3.8, 4) is 0 Å². The molecule has 1 amide bonds. The average Bonchev–Trinajstić information content (AvgIpc) is 3.32. The van der Waals surface area contributed by atoms with Crippen molar-refractivity contribution >= 4 is 28.2 Å². The highest BCUT2D eigenvalue weighted by atomic mass is 32.1. The molecule has 1 aliphatic heterocycles. The van der Waals surface area contributed by atoms with E-state index in [0.29, 0.717) is 60.2 Å². The Kier molecular flexibility index (Phi) is 6.16. The van der Waals surface area contributed by atoms with Gasteiger partial charge in [-0.25, -0.2) is 9.78 Å². The molecule has 0 radical (unpaired) electrons. The third-order valence-corrected chi connectivity index (χ3v) is 6.36. The average molecular weight is 458 g/mol. The Hall–Kier alpha value is -2.98. The Bertz CT molecular complexity index is 1220. The minimum absolute atomic E-state index is 0.0792. The number of nitrogens with one attached hydrogen (secondary N) is 1. The largest absolute Gasteiger partial charge is 0.459 e. The van der Waals surface area contributed by atoms with Crippen LogP contribution in [0.3, 0.4) is 0 Å². The summed E-state index contributed by atoms with van der Waals surface area (Å²) in [5.41, 5.74) is 2.78. The molecule has 0 aromatic carbocycles. The van der Waals surface area contributed by atoms with E-state index in [0.717, 1.165) is 5.69 Å². The molecule has 0 saturated carbocycles. The summed E-state index contributed by atoms with van der Waals surface area (Å²) in [4.78, 5) is 50.0. The topological polar surface area (TPSA) is 100 Å². The fourth-order valence-electron chi connectivity index (χ4n) is 4.01. The quantitative estimate of drug-likeness (QED) is 0.590. The Morgan fingerprint density at radius 3 is 2.62 bits per heavy atom. The summed E-state index contributed by atoms with van der Waals surface area (Å²) in [6, 6.07) is 1.57. The van der Waals surface area contributed by atoms with E-state index in [1.807, 2.05) is 5.38 Å². The monoisotopic (exact) mass is 457 g/mol. The summed E-state index contributed by atoms with van der Waals surface area (Å²) in [7, 11) is 0. The third-order valence-electron chi connectivity index (χ3n) is 5.60. The number of hydrogen-bond acceptors (Lipinski definition) is 7. The maximum atomic E-state index is 13.1. The zero-order chi connectivity index (χ0) is 23.0. The molecule has 3 aromatic rings. The minimum Gasteiger partial charge on any atom is -0.459 e. The number of H-pyrrole nitrogens is 1. The Morgan fingerprint density at radius 2 is 1.94 bits per heavy atom. The molecule has 0 bridgehead atoms. The lowest BCUT2D eigenvalue weighted by atomic mass is 10.1. The number of aromatic amines is 1. The first-order chi connectivity index (χ1) is 15.2. The van der Waals surface area contributed by atoms with Gasteiger partial charge in [-0.2, -0.15) is 0 Å². The van der Waals surface area contributed by atoms with E-state index in [4.69, 9.17) is 4.74 Å². The van der Waals surface area contributed by atoms with Crippen LogP contribution in [0.2, 0.25) is 0 Å². The van der Waals surface area contributed by atoms with E-state index in [-0.39, 0.29) is 17.6 Å². The van der Waals surface area contributed by atoms with E-state index in [9.17, 15) is 14.4 Å². The molecule has 0 spiro atoms. The molecule has 9 nitrogen and oxygen atoms in total. The van der Waals surface area contributed by atoms with Crippen LogP contribution in [-0.2, 0) is 11.3 Å². The predicted molar refractivity (Wildman–Crippen MR) is 121 cm³/mol. The Morgan fingerprint density at radius 1 is 1.22 bits per heavy atom. The van der Waals surface area contributed by atoms with Gasteiger partial charge in [0.05, 0.1) is 17.4 Å². The fraction of sp³-hybridized carbons (Fsp3) is 0.455. The standard InChI is InChI=1S/C22H27N5O4S/c1-13(2)31-21(30)18-14(3)19(23-15(18)4)20(29)26-7-5-25(6-8-26)12-16-11-17(28)27-9-10-32-22(27)24-16/h9-11,13,23H,5-8,12H2,1-4H3. The molecule has 0 atom stereocenters. The van der Waals surface area contributed by atoms with Gasteiger partial charge in [-0.15, -0.1) is 11.3 Å². The van der Waals surface area contributed by atoms with Crippen molar-refractivity contribution in [3.63, 3.8) is 0 Å². The maximum Gasteiger partial charge on any atom is 0.340 e. The van der Waals surface area contributed by atoms with Gasteiger partial charge >= 0.3 is 5.97 Å². The highest BCUT2D eigenvalue weighted by Crippen LogP contribution is 2.22. The Labute approximate surface area is 189 Å². The predicted octanol–water partition coefficient (Wildman–Crippen LogP) is 2.22. The number of carbonyl (C=O) groups excluding carboxylic acids is 2. The minimum atomic E-state index is -0.416. The van der Waals surface area contributed by atoms with E-state index < -0.39 is 5.97 Å². The number of esters is 1. The number of amides is 1. The first kappa shape index (κ1) is 22.2. The van der Waals surface area contributed by atoms with Gasteiger partial charge in [-0.05, 0) is 33.3 Å². The maximum absolute atomic E-state index is 13.1. The first-order valence-electron chi connectivity index (χ1n) is 10.6. The van der Waals surface area contributed by atoms with E-state index in [2.05, 4.69) is 14.9 Å². The summed E-state index contributed by atoms with van der Waals surface area (Å²) >= 11 is 1.43.